The maximum absolute atomic E-state index is 13.5. The van der Waals surface area contributed by atoms with Gasteiger partial charge in [-0.1, -0.05) is 18.2 Å². The Kier molecular flexibility index (Phi) is 4.37. The number of H-pyrrole nitrogens is 1. The van der Waals surface area contributed by atoms with Crippen LogP contribution in [0.1, 0.15) is 11.1 Å². The van der Waals surface area contributed by atoms with Gasteiger partial charge in [0, 0.05) is 23.6 Å². The minimum atomic E-state index is -0.335. The van der Waals surface area contributed by atoms with Gasteiger partial charge in [-0.3, -0.25) is 4.79 Å². The zero-order chi connectivity index (χ0) is 16.2. The number of halogens is 2. The Labute approximate surface area is 132 Å². The predicted molar refractivity (Wildman–Crippen MR) is 85.1 cm³/mol. The van der Waals surface area contributed by atoms with Gasteiger partial charge in [0.2, 0.25) is 5.91 Å². The van der Waals surface area contributed by atoms with E-state index in [0.717, 1.165) is 11.1 Å². The fourth-order valence-electron chi connectivity index (χ4n) is 2.57. The second-order valence-corrected chi connectivity index (χ2v) is 5.37. The highest BCUT2D eigenvalue weighted by molar-refractivity contribution is 5.88. The first-order valence-electron chi connectivity index (χ1n) is 7.39. The van der Waals surface area contributed by atoms with E-state index in [2.05, 4.69) is 10.3 Å². The van der Waals surface area contributed by atoms with E-state index in [1.165, 1.54) is 18.2 Å². The van der Waals surface area contributed by atoms with E-state index in [0.29, 0.717) is 23.9 Å². The minimum absolute atomic E-state index is 0.153. The lowest BCUT2D eigenvalue weighted by Crippen LogP contribution is -2.27. The van der Waals surface area contributed by atoms with Crippen molar-refractivity contribution in [2.45, 2.75) is 12.8 Å². The third kappa shape index (κ3) is 3.56. The summed E-state index contributed by atoms with van der Waals surface area (Å²) in [5.41, 5.74) is 2.10. The van der Waals surface area contributed by atoms with E-state index in [4.69, 9.17) is 0 Å². The van der Waals surface area contributed by atoms with E-state index in [9.17, 15) is 13.6 Å². The molecule has 0 aliphatic carbocycles. The van der Waals surface area contributed by atoms with Crippen LogP contribution in [0.4, 0.5) is 8.78 Å². The number of carbonyl (C=O) groups is 1. The number of amides is 1. The summed E-state index contributed by atoms with van der Waals surface area (Å²) in [6.07, 6.45) is 2.29. The number of nitrogens with one attached hydrogen (secondary N) is 2. The molecule has 0 unspecified atom stereocenters. The molecule has 0 fully saturated rings. The van der Waals surface area contributed by atoms with Crippen LogP contribution in [0.3, 0.4) is 0 Å². The van der Waals surface area contributed by atoms with Crippen molar-refractivity contribution in [2.75, 3.05) is 6.54 Å². The average molecular weight is 314 g/mol. The Morgan fingerprint density at radius 2 is 1.91 bits per heavy atom. The maximum Gasteiger partial charge on any atom is 0.224 e. The smallest absolute Gasteiger partial charge is 0.224 e. The Morgan fingerprint density at radius 1 is 1.09 bits per heavy atom. The van der Waals surface area contributed by atoms with Gasteiger partial charge in [0.15, 0.2) is 0 Å². The molecule has 23 heavy (non-hydrogen) atoms. The molecule has 1 aromatic heterocycles. The first-order valence-corrected chi connectivity index (χ1v) is 7.39. The highest BCUT2D eigenvalue weighted by atomic mass is 19.1. The first kappa shape index (κ1) is 15.2. The number of hydrogen-bond donors (Lipinski definition) is 2. The Balaban J connectivity index is 1.59. The molecule has 118 valence electrons. The standard InChI is InChI=1S/C18H16F2N2O/c19-14-5-6-17-15(10-14)13(11-22-17)9-18(23)21-8-7-12-3-1-2-4-16(12)20/h1-6,10-11,22H,7-9H2,(H,21,23). The third-order valence-corrected chi connectivity index (χ3v) is 3.75. The lowest BCUT2D eigenvalue weighted by Gasteiger charge is -2.06. The van der Waals surface area contributed by atoms with Crippen LogP contribution in [-0.2, 0) is 17.6 Å². The maximum atomic E-state index is 13.5. The number of fused-ring (bicyclic) bond motifs is 1. The van der Waals surface area contributed by atoms with Crippen molar-refractivity contribution < 1.29 is 13.6 Å². The number of rotatable bonds is 5. The number of aromatic amines is 1. The van der Waals surface area contributed by atoms with Gasteiger partial charge in [-0.15, -0.1) is 0 Å². The Bertz CT molecular complexity index is 842. The minimum Gasteiger partial charge on any atom is -0.361 e. The van der Waals surface area contributed by atoms with Crippen LogP contribution in [-0.4, -0.2) is 17.4 Å². The molecule has 0 atom stereocenters. The van der Waals surface area contributed by atoms with Crippen LogP contribution in [0, 0.1) is 11.6 Å². The van der Waals surface area contributed by atoms with Crippen molar-refractivity contribution in [3.05, 3.63) is 71.4 Å². The van der Waals surface area contributed by atoms with Gasteiger partial charge in [0.25, 0.3) is 0 Å². The molecule has 0 spiro atoms. The largest absolute Gasteiger partial charge is 0.361 e. The summed E-state index contributed by atoms with van der Waals surface area (Å²) in [5, 5.41) is 3.47. The molecule has 3 rings (SSSR count). The molecule has 1 heterocycles. The normalized spacial score (nSPS) is 10.9. The van der Waals surface area contributed by atoms with E-state index in [-0.39, 0.29) is 24.0 Å². The summed E-state index contributed by atoms with van der Waals surface area (Å²) in [6, 6.07) is 10.9. The van der Waals surface area contributed by atoms with Gasteiger partial charge < -0.3 is 10.3 Å². The zero-order valence-electron chi connectivity index (χ0n) is 12.4. The highest BCUT2D eigenvalue weighted by Crippen LogP contribution is 2.19. The molecule has 2 N–H and O–H groups in total. The van der Waals surface area contributed by atoms with Gasteiger partial charge in [-0.25, -0.2) is 8.78 Å². The summed E-state index contributed by atoms with van der Waals surface area (Å²) >= 11 is 0. The Morgan fingerprint density at radius 3 is 2.74 bits per heavy atom. The SMILES string of the molecule is O=C(Cc1c[nH]c2ccc(F)cc12)NCCc1ccccc1F. The topological polar surface area (TPSA) is 44.9 Å². The van der Waals surface area contributed by atoms with Crippen molar-refractivity contribution >= 4 is 16.8 Å². The van der Waals surface area contributed by atoms with E-state index < -0.39 is 0 Å². The molecule has 0 saturated heterocycles. The molecular formula is C18H16F2N2O. The van der Waals surface area contributed by atoms with Gasteiger partial charge in [0.1, 0.15) is 11.6 Å². The lowest BCUT2D eigenvalue weighted by molar-refractivity contribution is -0.120. The molecule has 3 nitrogen and oxygen atoms in total. The molecular weight excluding hydrogens is 298 g/mol. The van der Waals surface area contributed by atoms with Crippen LogP contribution in [0.25, 0.3) is 10.9 Å². The fourth-order valence-corrected chi connectivity index (χ4v) is 2.57. The number of benzene rings is 2. The summed E-state index contributed by atoms with van der Waals surface area (Å²) in [7, 11) is 0. The molecule has 0 aliphatic heterocycles. The number of carbonyl (C=O) groups excluding carboxylic acids is 1. The van der Waals surface area contributed by atoms with Crippen LogP contribution >= 0.6 is 0 Å². The van der Waals surface area contributed by atoms with Crippen molar-refractivity contribution in [1.29, 1.82) is 0 Å². The van der Waals surface area contributed by atoms with Crippen molar-refractivity contribution in [3.8, 4) is 0 Å². The van der Waals surface area contributed by atoms with Crippen molar-refractivity contribution in [1.82, 2.24) is 10.3 Å². The average Bonchev–Trinajstić information content (AvgIpc) is 2.91. The highest BCUT2D eigenvalue weighted by Gasteiger charge is 2.09. The Hall–Kier alpha value is -2.69. The fraction of sp³-hybridized carbons (Fsp3) is 0.167. The monoisotopic (exact) mass is 314 g/mol. The molecule has 0 aliphatic rings. The summed E-state index contributed by atoms with van der Waals surface area (Å²) in [4.78, 5) is 15.0. The van der Waals surface area contributed by atoms with Gasteiger partial charge in [-0.2, -0.15) is 0 Å². The second-order valence-electron chi connectivity index (χ2n) is 5.37. The van der Waals surface area contributed by atoms with E-state index in [1.807, 2.05) is 0 Å². The van der Waals surface area contributed by atoms with Gasteiger partial charge >= 0.3 is 0 Å². The molecule has 3 aromatic rings. The zero-order valence-corrected chi connectivity index (χ0v) is 12.4. The van der Waals surface area contributed by atoms with Gasteiger partial charge in [-0.05, 0) is 41.8 Å². The summed E-state index contributed by atoms with van der Waals surface area (Å²) < 4.78 is 26.8. The molecule has 0 saturated carbocycles. The second kappa shape index (κ2) is 6.60. The molecule has 5 heteroatoms. The first-order chi connectivity index (χ1) is 11.1. The van der Waals surface area contributed by atoms with Crippen LogP contribution in [0.5, 0.6) is 0 Å². The molecule has 1 amide bonds. The quantitative estimate of drug-likeness (QED) is 0.745. The van der Waals surface area contributed by atoms with Crippen LogP contribution < -0.4 is 5.32 Å². The van der Waals surface area contributed by atoms with Crippen LogP contribution in [0.2, 0.25) is 0 Å². The van der Waals surface area contributed by atoms with Crippen molar-refractivity contribution in [2.24, 2.45) is 0 Å². The number of hydrogen-bond acceptors (Lipinski definition) is 1. The summed E-state index contributed by atoms with van der Waals surface area (Å²) in [5.74, 6) is -0.779. The summed E-state index contributed by atoms with van der Waals surface area (Å²) in [6.45, 7) is 0.358. The number of aromatic nitrogens is 1. The molecule has 0 bridgehead atoms. The van der Waals surface area contributed by atoms with E-state index in [1.54, 1.807) is 30.5 Å². The lowest BCUT2D eigenvalue weighted by atomic mass is 10.1. The van der Waals surface area contributed by atoms with Crippen LogP contribution in [0.15, 0.2) is 48.7 Å². The third-order valence-electron chi connectivity index (χ3n) is 3.75. The van der Waals surface area contributed by atoms with Gasteiger partial charge in [0.05, 0.1) is 6.42 Å². The van der Waals surface area contributed by atoms with E-state index >= 15 is 0 Å². The molecule has 2 aromatic carbocycles. The molecule has 0 radical (unpaired) electrons. The van der Waals surface area contributed by atoms with Crippen molar-refractivity contribution in [3.63, 3.8) is 0 Å². The predicted octanol–water partition coefficient (Wildman–Crippen LogP) is 3.35.